The van der Waals surface area contributed by atoms with Crippen LogP contribution in [0.1, 0.15) is 52.4 Å². The topological polar surface area (TPSA) is 87.7 Å². The number of carbonyl (C=O) groups is 1. The van der Waals surface area contributed by atoms with E-state index in [-0.39, 0.29) is 11.7 Å². The molecule has 0 atom stereocenters. The molecule has 0 heterocycles. The third-order valence-electron chi connectivity index (χ3n) is 3.45. The van der Waals surface area contributed by atoms with Gasteiger partial charge in [0.15, 0.2) is 5.84 Å². The van der Waals surface area contributed by atoms with Crippen molar-refractivity contribution >= 4 is 11.7 Å². The van der Waals surface area contributed by atoms with Crippen molar-refractivity contribution in [3.05, 3.63) is 0 Å². The second kappa shape index (κ2) is 5.89. The highest BCUT2D eigenvalue weighted by atomic mass is 16.4. The number of rotatable bonds is 5. The number of nitrogens with two attached hydrogens (primary N) is 1. The molecule has 5 heteroatoms. The van der Waals surface area contributed by atoms with Gasteiger partial charge in [-0.05, 0) is 26.2 Å². The summed E-state index contributed by atoms with van der Waals surface area (Å²) in [4.78, 5) is 11.7. The Balaban J connectivity index is 2.33. The van der Waals surface area contributed by atoms with Gasteiger partial charge in [-0.1, -0.05) is 30.8 Å². The summed E-state index contributed by atoms with van der Waals surface area (Å²) in [6.45, 7) is 3.44. The first-order valence-electron chi connectivity index (χ1n) is 6.24. The largest absolute Gasteiger partial charge is 0.409 e. The highest BCUT2D eigenvalue weighted by Crippen LogP contribution is 2.28. The summed E-state index contributed by atoms with van der Waals surface area (Å²) >= 11 is 0. The van der Waals surface area contributed by atoms with Gasteiger partial charge in [0, 0.05) is 6.42 Å². The maximum Gasteiger partial charge on any atom is 0.220 e. The fourth-order valence-electron chi connectivity index (χ4n) is 2.23. The number of carbonyl (C=O) groups excluding carboxylic acids is 1. The molecule has 0 radical (unpaired) electrons. The summed E-state index contributed by atoms with van der Waals surface area (Å²) < 4.78 is 0. The Morgan fingerprint density at radius 3 is 2.59 bits per heavy atom. The fourth-order valence-corrected chi connectivity index (χ4v) is 2.23. The Morgan fingerprint density at radius 2 is 2.06 bits per heavy atom. The third kappa shape index (κ3) is 4.24. The van der Waals surface area contributed by atoms with E-state index < -0.39 is 5.54 Å². The second-order valence-electron chi connectivity index (χ2n) is 5.35. The lowest BCUT2D eigenvalue weighted by Gasteiger charge is -2.24. The highest BCUT2D eigenvalue weighted by Gasteiger charge is 2.26. The minimum absolute atomic E-state index is 0.0201. The van der Waals surface area contributed by atoms with Crippen molar-refractivity contribution < 1.29 is 10.0 Å². The van der Waals surface area contributed by atoms with E-state index in [0.717, 1.165) is 6.42 Å². The molecule has 1 fully saturated rings. The van der Waals surface area contributed by atoms with Crippen LogP contribution in [0.5, 0.6) is 0 Å². The Labute approximate surface area is 102 Å². The Kier molecular flexibility index (Phi) is 4.78. The van der Waals surface area contributed by atoms with Gasteiger partial charge >= 0.3 is 0 Å². The lowest BCUT2D eigenvalue weighted by atomic mass is 10.00. The normalized spacial score (nSPS) is 18.4. The maximum absolute atomic E-state index is 11.7. The van der Waals surface area contributed by atoms with Gasteiger partial charge in [0.2, 0.25) is 5.91 Å². The summed E-state index contributed by atoms with van der Waals surface area (Å²) in [5.41, 5.74) is 4.71. The van der Waals surface area contributed by atoms with Gasteiger partial charge in [-0.2, -0.15) is 0 Å². The van der Waals surface area contributed by atoms with Crippen molar-refractivity contribution in [2.45, 2.75) is 57.9 Å². The summed E-state index contributed by atoms with van der Waals surface area (Å²) in [5, 5.41) is 14.3. The molecule has 1 aliphatic rings. The third-order valence-corrected chi connectivity index (χ3v) is 3.45. The molecule has 4 N–H and O–H groups in total. The van der Waals surface area contributed by atoms with Crippen LogP contribution < -0.4 is 11.1 Å². The summed E-state index contributed by atoms with van der Waals surface area (Å²) in [7, 11) is 0. The molecule has 0 aliphatic heterocycles. The SMILES string of the molecule is CC(C)(NC(=O)CCC1CCCC1)/C(N)=N/O. The number of oxime groups is 1. The molecule has 0 bridgehead atoms. The molecule has 0 spiro atoms. The first kappa shape index (κ1) is 13.8. The summed E-state index contributed by atoms with van der Waals surface area (Å²) in [5.74, 6) is 0.688. The van der Waals surface area contributed by atoms with Crippen molar-refractivity contribution in [3.63, 3.8) is 0 Å². The monoisotopic (exact) mass is 241 g/mol. The smallest absolute Gasteiger partial charge is 0.220 e. The summed E-state index contributed by atoms with van der Waals surface area (Å²) in [6.07, 6.45) is 6.54. The minimum atomic E-state index is -0.790. The molecule has 1 rings (SSSR count). The zero-order chi connectivity index (χ0) is 12.9. The Bertz CT molecular complexity index is 294. The van der Waals surface area contributed by atoms with Crippen LogP contribution in [-0.2, 0) is 4.79 Å². The molecule has 98 valence electrons. The molecular weight excluding hydrogens is 218 g/mol. The molecule has 17 heavy (non-hydrogen) atoms. The molecule has 0 aromatic carbocycles. The number of nitrogens with one attached hydrogen (secondary N) is 1. The molecule has 0 saturated heterocycles. The van der Waals surface area contributed by atoms with Crippen molar-refractivity contribution in [3.8, 4) is 0 Å². The molecule has 1 saturated carbocycles. The average molecular weight is 241 g/mol. The van der Waals surface area contributed by atoms with E-state index >= 15 is 0 Å². The van der Waals surface area contributed by atoms with Crippen LogP contribution in [0, 0.1) is 5.92 Å². The van der Waals surface area contributed by atoms with E-state index in [2.05, 4.69) is 10.5 Å². The lowest BCUT2D eigenvalue weighted by Crippen LogP contribution is -2.53. The lowest BCUT2D eigenvalue weighted by molar-refractivity contribution is -0.122. The van der Waals surface area contributed by atoms with Crippen LogP contribution in [-0.4, -0.2) is 22.5 Å². The quantitative estimate of drug-likeness (QED) is 0.296. The van der Waals surface area contributed by atoms with E-state index in [0.29, 0.717) is 12.3 Å². The zero-order valence-electron chi connectivity index (χ0n) is 10.7. The highest BCUT2D eigenvalue weighted by molar-refractivity contribution is 5.93. The fraction of sp³-hybridized carbons (Fsp3) is 0.833. The van der Waals surface area contributed by atoms with Crippen LogP contribution in [0.3, 0.4) is 0 Å². The number of hydrogen-bond donors (Lipinski definition) is 3. The van der Waals surface area contributed by atoms with Gasteiger partial charge in [-0.25, -0.2) is 0 Å². The molecule has 5 nitrogen and oxygen atoms in total. The number of nitrogens with zero attached hydrogens (tertiary/aromatic N) is 1. The van der Waals surface area contributed by atoms with Gasteiger partial charge in [-0.15, -0.1) is 0 Å². The maximum atomic E-state index is 11.7. The van der Waals surface area contributed by atoms with Crippen molar-refractivity contribution in [1.29, 1.82) is 0 Å². The molecule has 1 aliphatic carbocycles. The average Bonchev–Trinajstić information content (AvgIpc) is 2.77. The standard InChI is InChI=1S/C12H23N3O2/c1-12(2,11(13)15-17)14-10(16)8-7-9-5-3-4-6-9/h9,17H,3-8H2,1-2H3,(H2,13,15)(H,14,16). The van der Waals surface area contributed by atoms with Gasteiger partial charge < -0.3 is 16.3 Å². The van der Waals surface area contributed by atoms with Crippen LogP contribution in [0.25, 0.3) is 0 Å². The first-order chi connectivity index (χ1) is 7.95. The van der Waals surface area contributed by atoms with E-state index in [4.69, 9.17) is 10.9 Å². The van der Waals surface area contributed by atoms with Crippen LogP contribution in [0.15, 0.2) is 5.16 Å². The minimum Gasteiger partial charge on any atom is -0.409 e. The predicted octanol–water partition coefficient (Wildman–Crippen LogP) is 1.60. The predicted molar refractivity (Wildman–Crippen MR) is 66.8 cm³/mol. The van der Waals surface area contributed by atoms with Crippen LogP contribution >= 0.6 is 0 Å². The van der Waals surface area contributed by atoms with Crippen LogP contribution in [0.4, 0.5) is 0 Å². The first-order valence-corrected chi connectivity index (χ1v) is 6.24. The van der Waals surface area contributed by atoms with Gasteiger partial charge in [0.05, 0.1) is 5.54 Å². The molecule has 1 amide bonds. The molecular formula is C12H23N3O2. The second-order valence-corrected chi connectivity index (χ2v) is 5.35. The Morgan fingerprint density at radius 1 is 1.47 bits per heavy atom. The van der Waals surface area contributed by atoms with E-state index in [1.54, 1.807) is 13.8 Å². The van der Waals surface area contributed by atoms with E-state index in [1.807, 2.05) is 0 Å². The molecule has 0 aromatic rings. The Hall–Kier alpha value is -1.26. The number of amides is 1. The number of hydrogen-bond acceptors (Lipinski definition) is 3. The van der Waals surface area contributed by atoms with Crippen molar-refractivity contribution in [2.75, 3.05) is 0 Å². The summed E-state index contributed by atoms with van der Waals surface area (Å²) in [6, 6.07) is 0. The van der Waals surface area contributed by atoms with Gasteiger partial charge in [0.1, 0.15) is 0 Å². The van der Waals surface area contributed by atoms with Crippen molar-refractivity contribution in [2.24, 2.45) is 16.8 Å². The van der Waals surface area contributed by atoms with Crippen molar-refractivity contribution in [1.82, 2.24) is 5.32 Å². The van der Waals surface area contributed by atoms with E-state index in [9.17, 15) is 4.79 Å². The molecule has 0 unspecified atom stereocenters. The molecule has 0 aromatic heterocycles. The van der Waals surface area contributed by atoms with Crippen LogP contribution in [0.2, 0.25) is 0 Å². The van der Waals surface area contributed by atoms with E-state index in [1.165, 1.54) is 25.7 Å². The number of amidine groups is 1. The zero-order valence-corrected chi connectivity index (χ0v) is 10.7. The van der Waals surface area contributed by atoms with Gasteiger partial charge in [-0.3, -0.25) is 4.79 Å². The van der Waals surface area contributed by atoms with Gasteiger partial charge in [0.25, 0.3) is 0 Å².